The van der Waals surface area contributed by atoms with E-state index < -0.39 is 16.6 Å². The Kier molecular flexibility index (Phi) is 4.51. The van der Waals surface area contributed by atoms with E-state index in [1.165, 1.54) is 0 Å². The molecule has 1 aromatic rings. The third-order valence-corrected chi connectivity index (χ3v) is 6.09. The number of hydrogen-bond acceptors (Lipinski definition) is 4. The Balaban J connectivity index is 2.25. The van der Waals surface area contributed by atoms with Crippen LogP contribution in [-0.2, 0) is 16.6 Å². The number of aliphatic hydroxyl groups excluding tert-OH is 1. The van der Waals surface area contributed by atoms with Gasteiger partial charge in [0.2, 0.25) is 10.0 Å². The number of aliphatic hydroxyl groups is 1. The number of aromatic amines is 1. The van der Waals surface area contributed by atoms with Crippen LogP contribution in [0.4, 0.5) is 0 Å². The summed E-state index contributed by atoms with van der Waals surface area (Å²) >= 11 is 0. The fourth-order valence-electron chi connectivity index (χ4n) is 2.94. The lowest BCUT2D eigenvalue weighted by Gasteiger charge is -2.34. The van der Waals surface area contributed by atoms with Crippen molar-refractivity contribution in [1.29, 1.82) is 0 Å². The summed E-state index contributed by atoms with van der Waals surface area (Å²) in [6.07, 6.45) is 3.04. The summed E-state index contributed by atoms with van der Waals surface area (Å²) in [6.45, 7) is 5.50. The van der Waals surface area contributed by atoms with Gasteiger partial charge in [-0.1, -0.05) is 26.7 Å². The van der Waals surface area contributed by atoms with Crippen LogP contribution < -0.4 is 4.72 Å². The first-order valence-electron chi connectivity index (χ1n) is 7.04. The van der Waals surface area contributed by atoms with Gasteiger partial charge in [0.1, 0.15) is 10.6 Å². The van der Waals surface area contributed by atoms with E-state index in [1.807, 2.05) is 0 Å². The van der Waals surface area contributed by atoms with Crippen LogP contribution in [0.2, 0.25) is 0 Å². The zero-order valence-corrected chi connectivity index (χ0v) is 13.0. The minimum atomic E-state index is -3.65. The van der Waals surface area contributed by atoms with Gasteiger partial charge < -0.3 is 5.11 Å². The zero-order valence-electron chi connectivity index (χ0n) is 12.2. The van der Waals surface area contributed by atoms with Crippen molar-refractivity contribution in [3.8, 4) is 0 Å². The number of hydrogen-bond donors (Lipinski definition) is 3. The molecule has 20 heavy (non-hydrogen) atoms. The third-order valence-electron chi connectivity index (χ3n) is 4.39. The molecule has 2 rings (SSSR count). The van der Waals surface area contributed by atoms with Crippen molar-refractivity contribution in [3.63, 3.8) is 0 Å². The van der Waals surface area contributed by atoms with E-state index in [0.29, 0.717) is 17.5 Å². The molecular weight excluding hydrogens is 278 g/mol. The molecule has 0 spiro atoms. The van der Waals surface area contributed by atoms with E-state index in [1.54, 1.807) is 6.92 Å². The van der Waals surface area contributed by atoms with E-state index in [4.69, 9.17) is 0 Å². The second-order valence-corrected chi connectivity index (χ2v) is 7.43. The maximum absolute atomic E-state index is 12.5. The van der Waals surface area contributed by atoms with Crippen LogP contribution in [-0.4, -0.2) is 29.8 Å². The van der Waals surface area contributed by atoms with Gasteiger partial charge in [0, 0.05) is 6.04 Å². The molecule has 1 aliphatic carbocycles. The van der Waals surface area contributed by atoms with Crippen LogP contribution >= 0.6 is 0 Å². The molecule has 1 fully saturated rings. The molecule has 0 radical (unpaired) electrons. The standard InChI is InChI=1S/C13H23N3O3S/c1-8-5-4-6-11(9(8)2)16-20(18,19)13-10(3)14-15-12(13)7-17/h8-9,11,16-17H,4-7H2,1-3H3,(H,14,15). The molecule has 3 unspecified atom stereocenters. The third kappa shape index (κ3) is 2.89. The van der Waals surface area contributed by atoms with Crippen molar-refractivity contribution >= 4 is 10.0 Å². The predicted molar refractivity (Wildman–Crippen MR) is 75.5 cm³/mol. The quantitative estimate of drug-likeness (QED) is 0.781. The lowest BCUT2D eigenvalue weighted by Crippen LogP contribution is -2.43. The number of rotatable bonds is 4. The molecular formula is C13H23N3O3S. The molecule has 1 aliphatic rings. The molecule has 3 N–H and O–H groups in total. The molecule has 1 saturated carbocycles. The summed E-state index contributed by atoms with van der Waals surface area (Å²) in [7, 11) is -3.65. The Morgan fingerprint density at radius 1 is 1.40 bits per heavy atom. The highest BCUT2D eigenvalue weighted by Gasteiger charge is 2.33. The molecule has 0 aliphatic heterocycles. The van der Waals surface area contributed by atoms with E-state index in [2.05, 4.69) is 28.8 Å². The summed E-state index contributed by atoms with van der Waals surface area (Å²) in [5.41, 5.74) is 0.629. The average Bonchev–Trinajstić information content (AvgIpc) is 2.77. The van der Waals surface area contributed by atoms with Gasteiger partial charge in [0.05, 0.1) is 12.3 Å². The Labute approximate surface area is 120 Å². The smallest absolute Gasteiger partial charge is 0.244 e. The first kappa shape index (κ1) is 15.5. The first-order valence-corrected chi connectivity index (χ1v) is 8.52. The van der Waals surface area contributed by atoms with Crippen LogP contribution in [0.15, 0.2) is 4.90 Å². The number of nitrogens with one attached hydrogen (secondary N) is 2. The van der Waals surface area contributed by atoms with Crippen molar-refractivity contribution in [2.45, 2.75) is 57.6 Å². The minimum absolute atomic E-state index is 0.0513. The maximum atomic E-state index is 12.5. The number of H-pyrrole nitrogens is 1. The molecule has 7 heteroatoms. The fraction of sp³-hybridized carbons (Fsp3) is 0.769. The molecule has 0 saturated heterocycles. The Morgan fingerprint density at radius 2 is 2.10 bits per heavy atom. The van der Waals surface area contributed by atoms with Crippen molar-refractivity contribution < 1.29 is 13.5 Å². The summed E-state index contributed by atoms with van der Waals surface area (Å²) < 4.78 is 27.9. The molecule has 1 aromatic heterocycles. The Bertz CT molecular complexity index is 567. The maximum Gasteiger partial charge on any atom is 0.244 e. The topological polar surface area (TPSA) is 95.1 Å². The molecule has 0 bridgehead atoms. The van der Waals surface area contributed by atoms with Crippen molar-refractivity contribution in [2.75, 3.05) is 0 Å². The van der Waals surface area contributed by atoms with Crippen molar-refractivity contribution in [1.82, 2.24) is 14.9 Å². The highest BCUT2D eigenvalue weighted by molar-refractivity contribution is 7.89. The van der Waals surface area contributed by atoms with Crippen molar-refractivity contribution in [3.05, 3.63) is 11.4 Å². The predicted octanol–water partition coefficient (Wildman–Crippen LogP) is 1.31. The van der Waals surface area contributed by atoms with Gasteiger partial charge in [0.25, 0.3) is 0 Å². The van der Waals surface area contributed by atoms with Gasteiger partial charge in [-0.05, 0) is 25.2 Å². The monoisotopic (exact) mass is 301 g/mol. The number of nitrogens with zero attached hydrogens (tertiary/aromatic N) is 1. The van der Waals surface area contributed by atoms with Crippen LogP contribution in [0.25, 0.3) is 0 Å². The highest BCUT2D eigenvalue weighted by Crippen LogP contribution is 2.31. The molecule has 114 valence electrons. The lowest BCUT2D eigenvalue weighted by molar-refractivity contribution is 0.226. The van der Waals surface area contributed by atoms with Gasteiger partial charge in [-0.25, -0.2) is 13.1 Å². The second kappa shape index (κ2) is 5.83. The van der Waals surface area contributed by atoms with Gasteiger partial charge in [-0.15, -0.1) is 0 Å². The highest BCUT2D eigenvalue weighted by atomic mass is 32.2. The number of aryl methyl sites for hydroxylation is 1. The van der Waals surface area contributed by atoms with Crippen LogP contribution in [0, 0.1) is 18.8 Å². The molecule has 1 heterocycles. The van der Waals surface area contributed by atoms with Crippen molar-refractivity contribution in [2.24, 2.45) is 11.8 Å². The Hall–Kier alpha value is -0.920. The average molecular weight is 301 g/mol. The summed E-state index contributed by atoms with van der Waals surface area (Å²) in [5, 5.41) is 15.7. The van der Waals surface area contributed by atoms with Gasteiger partial charge in [-0.3, -0.25) is 5.10 Å². The molecule has 3 atom stereocenters. The number of aromatic nitrogens is 2. The summed E-state index contributed by atoms with van der Waals surface area (Å²) in [6, 6.07) is -0.0513. The number of sulfonamides is 1. The molecule has 6 nitrogen and oxygen atoms in total. The normalized spacial score (nSPS) is 27.7. The van der Waals surface area contributed by atoms with E-state index in [-0.39, 0.29) is 16.6 Å². The van der Waals surface area contributed by atoms with E-state index in [0.717, 1.165) is 19.3 Å². The van der Waals surface area contributed by atoms with Gasteiger partial charge in [-0.2, -0.15) is 5.10 Å². The SMILES string of the molecule is Cc1[nH]nc(CO)c1S(=O)(=O)NC1CCCC(C)C1C. The lowest BCUT2D eigenvalue weighted by atomic mass is 9.78. The summed E-state index contributed by atoms with van der Waals surface area (Å²) in [4.78, 5) is 0.0884. The first-order chi connectivity index (χ1) is 9.36. The fourth-order valence-corrected chi connectivity index (χ4v) is 4.66. The molecule has 0 aromatic carbocycles. The zero-order chi connectivity index (χ0) is 14.9. The van der Waals surface area contributed by atoms with Crippen LogP contribution in [0.5, 0.6) is 0 Å². The van der Waals surface area contributed by atoms with Gasteiger partial charge in [0.15, 0.2) is 0 Å². The van der Waals surface area contributed by atoms with E-state index >= 15 is 0 Å². The minimum Gasteiger partial charge on any atom is -0.390 e. The summed E-state index contributed by atoms with van der Waals surface area (Å²) in [5.74, 6) is 0.822. The van der Waals surface area contributed by atoms with Crippen LogP contribution in [0.3, 0.4) is 0 Å². The van der Waals surface area contributed by atoms with Crippen LogP contribution in [0.1, 0.15) is 44.5 Å². The Morgan fingerprint density at radius 3 is 2.75 bits per heavy atom. The largest absolute Gasteiger partial charge is 0.390 e. The van der Waals surface area contributed by atoms with E-state index in [9.17, 15) is 13.5 Å². The van der Waals surface area contributed by atoms with Gasteiger partial charge >= 0.3 is 0 Å². The molecule has 0 amide bonds. The second-order valence-electron chi connectivity index (χ2n) is 5.78.